The van der Waals surface area contributed by atoms with Gasteiger partial charge in [0.2, 0.25) is 5.41 Å². The summed E-state index contributed by atoms with van der Waals surface area (Å²) in [4.78, 5) is 37.1. The van der Waals surface area contributed by atoms with Crippen LogP contribution < -0.4 is 0 Å². The van der Waals surface area contributed by atoms with Gasteiger partial charge in [0.1, 0.15) is 6.10 Å². The molecule has 8 nitrogen and oxygen atoms in total. The van der Waals surface area contributed by atoms with Gasteiger partial charge in [-0.2, -0.15) is 0 Å². The summed E-state index contributed by atoms with van der Waals surface area (Å²) in [6.45, 7) is 3.41. The number of carbonyl (C=O) groups is 2. The van der Waals surface area contributed by atoms with E-state index in [0.29, 0.717) is 11.1 Å². The van der Waals surface area contributed by atoms with Crippen molar-refractivity contribution >= 4 is 23.7 Å². The first-order valence-corrected chi connectivity index (χ1v) is 9.91. The number of non-ortho nitro benzene ring substituents is 1. The average Bonchev–Trinajstić information content (AvgIpc) is 3.14. The van der Waals surface area contributed by atoms with Crippen molar-refractivity contribution in [2.45, 2.75) is 20.0 Å². The van der Waals surface area contributed by atoms with Crippen LogP contribution in [0.3, 0.4) is 0 Å². The molecular formula is C23H23NO7. The topological polar surface area (TPSA) is 105 Å². The fourth-order valence-corrected chi connectivity index (χ4v) is 3.65. The van der Waals surface area contributed by atoms with E-state index in [2.05, 4.69) is 0 Å². The summed E-state index contributed by atoms with van der Waals surface area (Å²) in [5, 5.41) is 11.0. The third-order valence-electron chi connectivity index (χ3n) is 5.05. The van der Waals surface area contributed by atoms with Crippen LogP contribution in [0.1, 0.15) is 31.1 Å². The minimum Gasteiger partial charge on any atom is -0.465 e. The van der Waals surface area contributed by atoms with Gasteiger partial charge in [0, 0.05) is 12.1 Å². The third-order valence-corrected chi connectivity index (χ3v) is 5.05. The van der Waals surface area contributed by atoms with Crippen LogP contribution in [0.4, 0.5) is 5.69 Å². The smallest absolute Gasteiger partial charge is 0.330 e. The molecule has 0 aliphatic carbocycles. The largest absolute Gasteiger partial charge is 0.465 e. The molecule has 31 heavy (non-hydrogen) atoms. The predicted molar refractivity (Wildman–Crippen MR) is 112 cm³/mol. The summed E-state index contributed by atoms with van der Waals surface area (Å²) in [7, 11) is 0. The number of rotatable bonds is 7. The summed E-state index contributed by atoms with van der Waals surface area (Å²) < 4.78 is 16.6. The Kier molecular flexibility index (Phi) is 6.81. The Morgan fingerprint density at radius 1 is 1.06 bits per heavy atom. The zero-order valence-corrected chi connectivity index (χ0v) is 17.3. The van der Waals surface area contributed by atoms with Gasteiger partial charge in [-0.15, -0.1) is 0 Å². The van der Waals surface area contributed by atoms with Crippen molar-refractivity contribution in [1.82, 2.24) is 0 Å². The Morgan fingerprint density at radius 2 is 1.65 bits per heavy atom. The monoisotopic (exact) mass is 425 g/mol. The quantitative estimate of drug-likeness (QED) is 0.287. The Morgan fingerprint density at radius 3 is 2.16 bits per heavy atom. The van der Waals surface area contributed by atoms with Crippen molar-refractivity contribution in [3.8, 4) is 0 Å². The van der Waals surface area contributed by atoms with Gasteiger partial charge in [0.05, 0.1) is 24.7 Å². The Balaban J connectivity index is 2.18. The number of ether oxygens (including phenoxy) is 3. The molecule has 162 valence electrons. The Bertz CT molecular complexity index is 965. The molecule has 0 amide bonds. The highest BCUT2D eigenvalue weighted by Crippen LogP contribution is 2.51. The lowest BCUT2D eigenvalue weighted by molar-refractivity contribution is -0.384. The summed E-state index contributed by atoms with van der Waals surface area (Å²) in [6, 6.07) is 14.8. The van der Waals surface area contributed by atoms with Crippen LogP contribution in [0, 0.1) is 15.5 Å². The Hall–Kier alpha value is -3.52. The van der Waals surface area contributed by atoms with Crippen LogP contribution in [-0.2, 0) is 23.8 Å². The van der Waals surface area contributed by atoms with E-state index in [1.165, 1.54) is 24.3 Å². The van der Waals surface area contributed by atoms with Crippen LogP contribution in [0.25, 0.3) is 6.08 Å². The first-order chi connectivity index (χ1) is 14.9. The van der Waals surface area contributed by atoms with E-state index in [1.54, 1.807) is 19.9 Å². The molecule has 3 rings (SSSR count). The van der Waals surface area contributed by atoms with Crippen molar-refractivity contribution in [2.24, 2.45) is 5.41 Å². The van der Waals surface area contributed by atoms with Gasteiger partial charge < -0.3 is 14.2 Å². The SMILES string of the molecule is CCOC(=O)C1(C(=O)OCC)/C(=C/c2ccccc2)COC1c1ccc([N+](=O)[O-])cc1. The summed E-state index contributed by atoms with van der Waals surface area (Å²) in [5.74, 6) is -1.56. The van der Waals surface area contributed by atoms with Crippen molar-refractivity contribution < 1.29 is 28.7 Å². The van der Waals surface area contributed by atoms with Crippen LogP contribution in [0.15, 0.2) is 60.2 Å². The lowest BCUT2D eigenvalue weighted by atomic mass is 9.74. The second-order valence-electron chi connectivity index (χ2n) is 6.87. The molecule has 1 aliphatic heterocycles. The van der Waals surface area contributed by atoms with E-state index in [1.807, 2.05) is 30.3 Å². The summed E-state index contributed by atoms with van der Waals surface area (Å²) >= 11 is 0. The maximum Gasteiger partial charge on any atom is 0.330 e. The van der Waals surface area contributed by atoms with E-state index in [9.17, 15) is 19.7 Å². The lowest BCUT2D eigenvalue weighted by Crippen LogP contribution is -2.45. The Labute approximate surface area is 179 Å². The number of nitro benzene ring substituents is 1. The van der Waals surface area contributed by atoms with Gasteiger partial charge in [0.25, 0.3) is 5.69 Å². The first-order valence-electron chi connectivity index (χ1n) is 9.91. The van der Waals surface area contributed by atoms with Gasteiger partial charge in [-0.1, -0.05) is 36.4 Å². The van der Waals surface area contributed by atoms with E-state index in [0.717, 1.165) is 5.56 Å². The van der Waals surface area contributed by atoms with Crippen molar-refractivity contribution in [1.29, 1.82) is 0 Å². The number of nitrogens with zero attached hydrogens (tertiary/aromatic N) is 1. The number of carbonyl (C=O) groups excluding carboxylic acids is 2. The molecule has 8 heteroatoms. The molecule has 2 aromatic carbocycles. The maximum absolute atomic E-state index is 13.3. The van der Waals surface area contributed by atoms with Crippen LogP contribution in [-0.4, -0.2) is 36.7 Å². The molecule has 0 aromatic heterocycles. The molecule has 1 atom stereocenters. The number of hydrogen-bond acceptors (Lipinski definition) is 7. The molecule has 1 unspecified atom stereocenters. The van der Waals surface area contributed by atoms with E-state index >= 15 is 0 Å². The molecule has 1 heterocycles. The van der Waals surface area contributed by atoms with Crippen molar-refractivity contribution in [3.05, 3.63) is 81.4 Å². The van der Waals surface area contributed by atoms with Gasteiger partial charge in [0.15, 0.2) is 0 Å². The zero-order valence-electron chi connectivity index (χ0n) is 17.3. The number of esters is 2. The van der Waals surface area contributed by atoms with Crippen LogP contribution in [0.5, 0.6) is 0 Å². The first kappa shape index (κ1) is 22.2. The average molecular weight is 425 g/mol. The number of hydrogen-bond donors (Lipinski definition) is 0. The fraction of sp³-hybridized carbons (Fsp3) is 0.304. The van der Waals surface area contributed by atoms with E-state index in [-0.39, 0.29) is 25.5 Å². The lowest BCUT2D eigenvalue weighted by Gasteiger charge is -2.30. The minimum atomic E-state index is -1.86. The normalized spacial score (nSPS) is 18.5. The number of nitro groups is 1. The molecule has 0 N–H and O–H groups in total. The van der Waals surface area contributed by atoms with E-state index in [4.69, 9.17) is 14.2 Å². The van der Waals surface area contributed by atoms with Gasteiger partial charge in [-0.05, 0) is 42.7 Å². The zero-order chi connectivity index (χ0) is 22.4. The molecule has 0 saturated carbocycles. The van der Waals surface area contributed by atoms with Crippen molar-refractivity contribution in [2.75, 3.05) is 19.8 Å². The second kappa shape index (κ2) is 9.53. The second-order valence-corrected chi connectivity index (χ2v) is 6.87. The molecule has 1 fully saturated rings. The standard InChI is InChI=1S/C23H23NO7/c1-3-29-21(25)23(22(26)30-4-2)18(14-16-8-6-5-7-9-16)15-31-20(23)17-10-12-19(13-11-17)24(27)28/h5-14,20H,3-4,15H2,1-2H3/b18-14+. The highest BCUT2D eigenvalue weighted by atomic mass is 16.6. The molecular weight excluding hydrogens is 402 g/mol. The molecule has 2 aromatic rings. The van der Waals surface area contributed by atoms with Gasteiger partial charge in [-0.3, -0.25) is 19.7 Å². The summed E-state index contributed by atoms with van der Waals surface area (Å²) in [6.07, 6.45) is 0.667. The van der Waals surface area contributed by atoms with Crippen molar-refractivity contribution in [3.63, 3.8) is 0 Å². The maximum atomic E-state index is 13.3. The summed E-state index contributed by atoms with van der Waals surface area (Å²) in [5.41, 5.74) is -0.358. The molecule has 1 saturated heterocycles. The van der Waals surface area contributed by atoms with Gasteiger partial charge in [-0.25, -0.2) is 0 Å². The molecule has 0 radical (unpaired) electrons. The molecule has 1 aliphatic rings. The van der Waals surface area contributed by atoms with E-state index < -0.39 is 28.4 Å². The fourth-order valence-electron chi connectivity index (χ4n) is 3.65. The molecule has 0 bridgehead atoms. The molecule has 0 spiro atoms. The van der Waals surface area contributed by atoms with Crippen LogP contribution in [0.2, 0.25) is 0 Å². The minimum absolute atomic E-state index is 0.00578. The highest BCUT2D eigenvalue weighted by molar-refractivity contribution is 6.06. The number of benzene rings is 2. The van der Waals surface area contributed by atoms with Gasteiger partial charge >= 0.3 is 11.9 Å². The predicted octanol–water partition coefficient (Wildman–Crippen LogP) is 3.86. The third kappa shape index (κ3) is 4.20. The highest BCUT2D eigenvalue weighted by Gasteiger charge is 2.62. The van der Waals surface area contributed by atoms with Crippen LogP contribution >= 0.6 is 0 Å².